The summed E-state index contributed by atoms with van der Waals surface area (Å²) in [6, 6.07) is 0. The number of esters is 1. The van der Waals surface area contributed by atoms with Crippen molar-refractivity contribution < 1.29 is 9.53 Å². The van der Waals surface area contributed by atoms with Gasteiger partial charge in [-0.2, -0.15) is 0 Å². The molecule has 0 unspecified atom stereocenters. The van der Waals surface area contributed by atoms with Crippen molar-refractivity contribution in [1.29, 1.82) is 0 Å². The SMILES string of the molecule is C=CC(=O)OC[CH2-].[Rf]. The van der Waals surface area contributed by atoms with Gasteiger partial charge < -0.3 is 11.7 Å². The molecule has 0 radical (unpaired) electrons. The second-order valence-electron chi connectivity index (χ2n) is 0.872. The number of hydrogen-bond donors (Lipinski definition) is 0. The quantitative estimate of drug-likeness (QED) is 0.406. The molecule has 0 saturated heterocycles. The van der Waals surface area contributed by atoms with E-state index in [9.17, 15) is 4.79 Å². The predicted octanol–water partition coefficient (Wildman–Crippen LogP) is 0.550. The van der Waals surface area contributed by atoms with Crippen LogP contribution >= 0.6 is 0 Å². The van der Waals surface area contributed by atoms with E-state index in [-0.39, 0.29) is 6.61 Å². The largest absolute Gasteiger partial charge is 0.496 e. The number of ether oxygens (including phenoxy) is 1. The van der Waals surface area contributed by atoms with Gasteiger partial charge in [0, 0.05) is 6.08 Å². The summed E-state index contributed by atoms with van der Waals surface area (Å²) < 4.78 is 4.32. The second-order valence-corrected chi connectivity index (χ2v) is 0.872. The van der Waals surface area contributed by atoms with Crippen molar-refractivity contribution in [3.63, 3.8) is 0 Å². The van der Waals surface area contributed by atoms with E-state index in [1.165, 1.54) is 0 Å². The van der Waals surface area contributed by atoms with Crippen LogP contribution in [0.15, 0.2) is 12.7 Å². The van der Waals surface area contributed by atoms with E-state index in [0.29, 0.717) is 0 Å². The summed E-state index contributed by atoms with van der Waals surface area (Å²) in [5, 5.41) is 0. The second kappa shape index (κ2) is 5.21. The molecule has 0 saturated carbocycles. The van der Waals surface area contributed by atoms with Crippen LogP contribution in [0, 0.1) is 6.92 Å². The van der Waals surface area contributed by atoms with Gasteiger partial charge in [0.05, 0.1) is 0 Å². The summed E-state index contributed by atoms with van der Waals surface area (Å²) in [5.41, 5.74) is 0. The molecule has 0 N–H and O–H groups in total. The maximum atomic E-state index is 10.0. The summed E-state index contributed by atoms with van der Waals surface area (Å²) in [6.07, 6.45) is 1.10. The van der Waals surface area contributed by atoms with Crippen LogP contribution in [0.4, 0.5) is 0 Å². The van der Waals surface area contributed by atoms with Crippen LogP contribution in [-0.2, 0) is 9.53 Å². The molecule has 0 rings (SSSR count). The third-order valence-electron chi connectivity index (χ3n) is 0.411. The smallest absolute Gasteiger partial charge is 0.327 e. The molecule has 0 amide bonds. The number of carbonyl (C=O) groups is 1. The molecule has 0 aliphatic heterocycles. The molecule has 0 heterocycles. The van der Waals surface area contributed by atoms with E-state index in [0.717, 1.165) is 6.08 Å². The predicted molar refractivity (Wildman–Crippen MR) is 26.5 cm³/mol. The summed E-state index contributed by atoms with van der Waals surface area (Å²) in [6.45, 7) is 6.63. The van der Waals surface area contributed by atoms with Crippen LogP contribution < -0.4 is 0 Å². The first-order chi connectivity index (χ1) is 3.31. The van der Waals surface area contributed by atoms with Gasteiger partial charge in [-0.25, -0.2) is 4.79 Å². The Kier molecular flexibility index (Phi) is 6.19. The zero-order valence-corrected chi connectivity index (χ0v) is 11.1. The monoisotopic (exact) mass is 366 g/mol. The van der Waals surface area contributed by atoms with Crippen molar-refractivity contribution in [3.05, 3.63) is 19.6 Å². The third kappa shape index (κ3) is 4.21. The third-order valence-corrected chi connectivity index (χ3v) is 0.411. The molecule has 2 nitrogen and oxygen atoms in total. The number of rotatable bonds is 2. The fraction of sp³-hybridized carbons (Fsp3) is 0.200. The first-order valence-corrected chi connectivity index (χ1v) is 1.89. The van der Waals surface area contributed by atoms with Crippen LogP contribution in [0.25, 0.3) is 0 Å². The average molecular weight is 366 g/mol. The minimum absolute atomic E-state index is 0. The van der Waals surface area contributed by atoms with Crippen LogP contribution in [0.3, 0.4) is 0 Å². The van der Waals surface area contributed by atoms with Crippen LogP contribution in [0.5, 0.6) is 0 Å². The fourth-order valence-corrected chi connectivity index (χ4v) is 0.160. The Morgan fingerprint density at radius 1 is 1.88 bits per heavy atom. The first-order valence-electron chi connectivity index (χ1n) is 1.89. The van der Waals surface area contributed by atoms with Gasteiger partial charge >= 0.3 is 5.97 Å². The van der Waals surface area contributed by atoms with Gasteiger partial charge in [0.2, 0.25) is 0 Å². The molecule has 0 aliphatic rings. The van der Waals surface area contributed by atoms with Crippen molar-refractivity contribution in [2.45, 2.75) is 0 Å². The summed E-state index contributed by atoms with van der Waals surface area (Å²) in [4.78, 5) is 10.0. The van der Waals surface area contributed by atoms with Crippen LogP contribution in [-0.4, -0.2) is 12.6 Å². The summed E-state index contributed by atoms with van der Waals surface area (Å²) >= 11 is 0. The van der Waals surface area contributed by atoms with Gasteiger partial charge in [0.25, 0.3) is 0 Å². The normalized spacial score (nSPS) is 6.62. The molecule has 42 valence electrons. The topological polar surface area (TPSA) is 26.3 Å². The zero-order valence-electron chi connectivity index (χ0n) is 4.72. The molecule has 0 aromatic heterocycles. The van der Waals surface area contributed by atoms with Crippen LogP contribution in [0.1, 0.15) is 0 Å². The molecule has 0 spiro atoms. The van der Waals surface area contributed by atoms with Gasteiger partial charge in [-0.05, 0) is 6.61 Å². The Bertz CT molecular complexity index is 80.5. The average Bonchev–Trinajstić information content (AvgIpc) is 1.68. The molecule has 8 heavy (non-hydrogen) atoms. The molecule has 3 heteroatoms. The van der Waals surface area contributed by atoms with Gasteiger partial charge in [-0.15, -0.1) is 0 Å². The molecule has 0 fully saturated rings. The molecule has 0 aliphatic carbocycles. The summed E-state index contributed by atoms with van der Waals surface area (Å²) in [7, 11) is 0. The van der Waals surface area contributed by atoms with Crippen LogP contribution in [0.2, 0.25) is 0 Å². The Morgan fingerprint density at radius 2 is 2.38 bits per heavy atom. The zero-order chi connectivity index (χ0) is 5.70. The van der Waals surface area contributed by atoms with E-state index >= 15 is 0 Å². The number of carbonyl (C=O) groups excluding carboxylic acids is 1. The first kappa shape index (κ1) is 9.51. The van der Waals surface area contributed by atoms with E-state index in [1.54, 1.807) is 0 Å². The van der Waals surface area contributed by atoms with Crippen molar-refractivity contribution in [2.24, 2.45) is 0 Å². The molecule has 0 atom stereocenters. The molecule has 0 aromatic rings. The van der Waals surface area contributed by atoms with E-state index in [2.05, 4.69) is 18.2 Å². The van der Waals surface area contributed by atoms with Gasteiger partial charge in [0.15, 0.2) is 0 Å². The van der Waals surface area contributed by atoms with Gasteiger partial charge in [-0.1, -0.05) is 6.58 Å². The van der Waals surface area contributed by atoms with E-state index in [1.807, 2.05) is 0 Å². The Balaban J connectivity index is 0. The van der Waals surface area contributed by atoms with Crippen molar-refractivity contribution in [3.8, 4) is 0 Å². The summed E-state index contributed by atoms with van der Waals surface area (Å²) in [5.74, 6) is -0.421. The van der Waals surface area contributed by atoms with Crippen molar-refractivity contribution in [2.75, 3.05) is 6.61 Å². The number of hydrogen-bond acceptors (Lipinski definition) is 2. The van der Waals surface area contributed by atoms with Crippen molar-refractivity contribution in [1.82, 2.24) is 0 Å². The Morgan fingerprint density at radius 3 is 2.50 bits per heavy atom. The maximum Gasteiger partial charge on any atom is 0.327 e. The minimum Gasteiger partial charge on any atom is -0.496 e. The Labute approximate surface area is 42.8 Å². The molecule has 0 aromatic carbocycles. The van der Waals surface area contributed by atoms with Gasteiger partial charge in [0.1, 0.15) is 0 Å². The van der Waals surface area contributed by atoms with Crippen molar-refractivity contribution >= 4 is 5.97 Å². The molecular weight excluding hydrogens is 359 g/mol. The molecular formula is C5H7O2Rf-. The van der Waals surface area contributed by atoms with E-state index in [4.69, 9.17) is 0 Å². The van der Waals surface area contributed by atoms with E-state index < -0.39 is 5.97 Å². The maximum absolute atomic E-state index is 10.0. The molecule has 0 bridgehead atoms. The van der Waals surface area contributed by atoms with Gasteiger partial charge in [-0.3, -0.25) is 0 Å². The minimum atomic E-state index is -0.421. The Hall–Kier alpha value is -1.79. The fourth-order valence-electron chi connectivity index (χ4n) is 0.160. The standard InChI is InChI=1S/C5H7O2.Rf/c1-3-5(6)7-4-2;/h3H,1-2,4H2;/q-1;.